The van der Waals surface area contributed by atoms with Gasteiger partial charge in [-0.3, -0.25) is 0 Å². The van der Waals surface area contributed by atoms with Gasteiger partial charge in [-0.1, -0.05) is 308 Å². The van der Waals surface area contributed by atoms with E-state index in [0.717, 1.165) is 0 Å². The molecule has 0 bridgehead atoms. The van der Waals surface area contributed by atoms with Crippen LogP contribution in [0.4, 0.5) is 0 Å². The van der Waals surface area contributed by atoms with Crippen molar-refractivity contribution in [1.29, 1.82) is 0 Å². The first-order valence-electron chi connectivity index (χ1n) is 25.0. The molecule has 0 atom stereocenters. The first-order chi connectivity index (χ1) is 26.0. The lowest BCUT2D eigenvalue weighted by Crippen LogP contribution is -1.85. The van der Waals surface area contributed by atoms with E-state index in [1.807, 2.05) is 0 Å². The fourth-order valence-corrected chi connectivity index (χ4v) is 8.49. The lowest BCUT2D eigenvalue weighted by atomic mass is 10.0. The molecule has 52 heavy (non-hydrogen) atoms. The first kappa shape index (κ1) is 53.6. The minimum atomic E-state index is 1.50. The summed E-state index contributed by atoms with van der Waals surface area (Å²) in [6.45, 7) is 12.0. The lowest BCUT2D eigenvalue weighted by molar-refractivity contribution is 0.504. The van der Waals surface area contributed by atoms with Crippen LogP contribution in [0.1, 0.15) is 308 Å². The molecule has 4 fully saturated rings. The van der Waals surface area contributed by atoms with E-state index in [1.54, 1.807) is 0 Å². The zero-order valence-electron chi connectivity index (χ0n) is 36.8. The highest BCUT2D eigenvalue weighted by atomic mass is 14.1. The molecular weight excluding hydrogens is 625 g/mol. The summed E-state index contributed by atoms with van der Waals surface area (Å²) in [6.07, 6.45) is 72.0. The van der Waals surface area contributed by atoms with E-state index in [9.17, 15) is 0 Å². The smallest absolute Gasteiger partial charge is 0.0533 e. The summed E-state index contributed by atoms with van der Waals surface area (Å²) in [5.41, 5.74) is 0. The van der Waals surface area contributed by atoms with Crippen molar-refractivity contribution in [3.05, 3.63) is 26.3 Å². The van der Waals surface area contributed by atoms with Crippen molar-refractivity contribution in [3.63, 3.8) is 0 Å². The minimum Gasteiger partial charge on any atom is -0.106 e. The van der Waals surface area contributed by atoms with Crippen LogP contribution in [0, 0.1) is 0 Å². The normalized spacial score (nSPS) is 22.3. The molecule has 0 heteroatoms. The Morgan fingerprint density at radius 1 is 0.0769 bits per heavy atom. The molecule has 0 amide bonds. The minimum absolute atomic E-state index is 1.50. The van der Waals surface area contributed by atoms with Crippen LogP contribution < -0.4 is 0 Å². The summed E-state index contributed by atoms with van der Waals surface area (Å²) in [6, 6.07) is 0. The van der Waals surface area contributed by atoms with Crippen LogP contribution in [0.3, 0.4) is 0 Å². The van der Waals surface area contributed by atoms with Gasteiger partial charge < -0.3 is 0 Å². The number of hydrogen-bond donors (Lipinski definition) is 0. The third kappa shape index (κ3) is 51.6. The highest BCUT2D eigenvalue weighted by molar-refractivity contribution is 4.55. The third-order valence-electron chi connectivity index (χ3n) is 12.0. The Morgan fingerprint density at radius 3 is 0.115 bits per heavy atom. The van der Waals surface area contributed by atoms with Gasteiger partial charge in [-0.15, -0.1) is 26.3 Å². The summed E-state index contributed by atoms with van der Waals surface area (Å²) < 4.78 is 0. The van der Waals surface area contributed by atoms with Crippen LogP contribution in [-0.2, 0) is 0 Å². The van der Waals surface area contributed by atoms with Gasteiger partial charge in [-0.25, -0.2) is 0 Å². The van der Waals surface area contributed by atoms with E-state index in [0.29, 0.717) is 0 Å². The molecule has 4 rings (SSSR count). The maximum Gasteiger partial charge on any atom is -0.0533 e. The van der Waals surface area contributed by atoms with Crippen LogP contribution in [-0.4, -0.2) is 0 Å². The summed E-state index contributed by atoms with van der Waals surface area (Å²) >= 11 is 0. The van der Waals surface area contributed by atoms with Gasteiger partial charge in [0.2, 0.25) is 0 Å². The van der Waals surface area contributed by atoms with E-state index >= 15 is 0 Å². The van der Waals surface area contributed by atoms with Gasteiger partial charge in [0.25, 0.3) is 0 Å². The Labute approximate surface area is 333 Å². The Morgan fingerprint density at radius 2 is 0.0962 bits per heavy atom. The van der Waals surface area contributed by atoms with E-state index in [1.165, 1.54) is 308 Å². The molecule has 312 valence electrons. The third-order valence-corrected chi connectivity index (χ3v) is 12.0. The summed E-state index contributed by atoms with van der Waals surface area (Å²) in [4.78, 5) is 0. The predicted molar refractivity (Wildman–Crippen MR) is 244 cm³/mol. The average molecular weight is 729 g/mol. The molecule has 0 aromatic carbocycles. The molecule has 0 aromatic rings. The molecule has 0 aliphatic heterocycles. The lowest BCUT2D eigenvalue weighted by Gasteiger charge is -2.05. The van der Waals surface area contributed by atoms with Crippen molar-refractivity contribution in [2.45, 2.75) is 308 Å². The topological polar surface area (TPSA) is 0 Å². The van der Waals surface area contributed by atoms with Crippen molar-refractivity contribution >= 4 is 0 Å². The van der Waals surface area contributed by atoms with Crippen LogP contribution >= 0.6 is 0 Å². The summed E-state index contributed by atoms with van der Waals surface area (Å²) in [5, 5.41) is 0. The Bertz CT molecular complexity index is 294. The van der Waals surface area contributed by atoms with E-state index in [4.69, 9.17) is 0 Å². The zero-order chi connectivity index (χ0) is 37.9. The SMILES string of the molecule is C1CCCCCCCCCCC1.C1CCCCCCCCCCC1.C1CCCCCCCCCCC1.C1CCCCCCCCCCC1.C=C.C=C. The van der Waals surface area contributed by atoms with E-state index < -0.39 is 0 Å². The van der Waals surface area contributed by atoms with Gasteiger partial charge in [0.05, 0.1) is 0 Å². The van der Waals surface area contributed by atoms with Crippen LogP contribution in [0.2, 0.25) is 0 Å². The van der Waals surface area contributed by atoms with Gasteiger partial charge in [-0.2, -0.15) is 0 Å². The number of hydrogen-bond acceptors (Lipinski definition) is 0. The Kier molecular flexibility index (Phi) is 56.5. The molecule has 4 aliphatic carbocycles. The van der Waals surface area contributed by atoms with Crippen molar-refractivity contribution < 1.29 is 0 Å². The largest absolute Gasteiger partial charge is 0.106 e. The second-order valence-electron chi connectivity index (χ2n) is 17.0. The standard InChI is InChI=1S/4C12H24.2C2H4/c4*1-2-4-6-8-10-12-11-9-7-5-3-1;2*1-2/h4*1-12H2;2*1-2H2. The van der Waals surface area contributed by atoms with E-state index in [2.05, 4.69) is 26.3 Å². The maximum absolute atomic E-state index is 3.00. The molecular formula is C52H104. The molecule has 4 aliphatic rings. The van der Waals surface area contributed by atoms with Crippen molar-refractivity contribution in [3.8, 4) is 0 Å². The van der Waals surface area contributed by atoms with Gasteiger partial charge in [0, 0.05) is 0 Å². The second kappa shape index (κ2) is 54.8. The molecule has 4 saturated carbocycles. The molecule has 0 heterocycles. The van der Waals surface area contributed by atoms with Gasteiger partial charge in [0.15, 0.2) is 0 Å². The maximum atomic E-state index is 3.00. The average Bonchev–Trinajstić information content (AvgIpc) is 3.15. The molecule has 0 N–H and O–H groups in total. The van der Waals surface area contributed by atoms with Gasteiger partial charge in [0.1, 0.15) is 0 Å². The fraction of sp³-hybridized carbons (Fsp3) is 0.923. The zero-order valence-corrected chi connectivity index (χ0v) is 36.8. The van der Waals surface area contributed by atoms with Crippen LogP contribution in [0.15, 0.2) is 26.3 Å². The second-order valence-corrected chi connectivity index (χ2v) is 17.0. The van der Waals surface area contributed by atoms with Crippen molar-refractivity contribution in [2.75, 3.05) is 0 Å². The first-order valence-corrected chi connectivity index (χ1v) is 25.0. The number of rotatable bonds is 0. The Balaban J connectivity index is 0. The fourth-order valence-electron chi connectivity index (χ4n) is 8.49. The molecule has 0 spiro atoms. The Hall–Kier alpha value is -0.520. The van der Waals surface area contributed by atoms with Crippen molar-refractivity contribution in [1.82, 2.24) is 0 Å². The van der Waals surface area contributed by atoms with Gasteiger partial charge in [-0.05, 0) is 0 Å². The van der Waals surface area contributed by atoms with Crippen molar-refractivity contribution in [2.24, 2.45) is 0 Å². The van der Waals surface area contributed by atoms with E-state index in [-0.39, 0.29) is 0 Å². The molecule has 0 radical (unpaired) electrons. The molecule has 0 aromatic heterocycles. The summed E-state index contributed by atoms with van der Waals surface area (Å²) in [7, 11) is 0. The summed E-state index contributed by atoms with van der Waals surface area (Å²) in [5.74, 6) is 0. The highest BCUT2D eigenvalue weighted by Crippen LogP contribution is 2.19. The molecule has 0 nitrogen and oxygen atoms in total. The monoisotopic (exact) mass is 729 g/mol. The van der Waals surface area contributed by atoms with Gasteiger partial charge >= 0.3 is 0 Å². The molecule has 0 unspecified atom stereocenters. The predicted octanol–water partition coefficient (Wildman–Crippen LogP) is 20.3. The highest BCUT2D eigenvalue weighted by Gasteiger charge is 1.99. The van der Waals surface area contributed by atoms with Crippen LogP contribution in [0.25, 0.3) is 0 Å². The molecule has 0 saturated heterocycles. The quantitative estimate of drug-likeness (QED) is 0.218. The van der Waals surface area contributed by atoms with Crippen LogP contribution in [0.5, 0.6) is 0 Å².